The number of hydrogen-bond donors (Lipinski definition) is 3. The Morgan fingerprint density at radius 3 is 2.35 bits per heavy atom. The average Bonchev–Trinajstić information content (AvgIpc) is 2.39. The Balaban J connectivity index is 2.39. The van der Waals surface area contributed by atoms with Gasteiger partial charge in [0.1, 0.15) is 6.17 Å². The molecule has 0 heterocycles. The van der Waals surface area contributed by atoms with Crippen LogP contribution in [-0.2, 0) is 4.74 Å². The SMILES string of the molecule is CCOC(=O)N[C@H](NC(=O)NC1CCCCC1)C(C)C. The van der Waals surface area contributed by atoms with Crippen molar-refractivity contribution in [3.63, 3.8) is 0 Å². The second kappa shape index (κ2) is 8.66. The lowest BCUT2D eigenvalue weighted by Crippen LogP contribution is -2.55. The van der Waals surface area contributed by atoms with Crippen LogP contribution < -0.4 is 16.0 Å². The fraction of sp³-hybridized carbons (Fsp3) is 0.857. The van der Waals surface area contributed by atoms with E-state index in [-0.39, 0.29) is 18.0 Å². The van der Waals surface area contributed by atoms with Crippen molar-refractivity contribution in [2.45, 2.75) is 65.1 Å². The fourth-order valence-corrected chi connectivity index (χ4v) is 2.28. The molecule has 1 fully saturated rings. The summed E-state index contributed by atoms with van der Waals surface area (Å²) in [5.74, 6) is 0.0801. The molecule has 0 aromatic carbocycles. The molecule has 20 heavy (non-hydrogen) atoms. The lowest BCUT2D eigenvalue weighted by Gasteiger charge is -2.27. The van der Waals surface area contributed by atoms with Crippen LogP contribution in [0.2, 0.25) is 0 Å². The molecule has 116 valence electrons. The predicted molar refractivity (Wildman–Crippen MR) is 77.3 cm³/mol. The number of hydrogen-bond acceptors (Lipinski definition) is 3. The summed E-state index contributed by atoms with van der Waals surface area (Å²) < 4.78 is 4.83. The number of carbonyl (C=O) groups is 2. The Morgan fingerprint density at radius 2 is 1.80 bits per heavy atom. The van der Waals surface area contributed by atoms with Gasteiger partial charge in [-0.25, -0.2) is 9.59 Å². The number of ether oxygens (including phenoxy) is 1. The molecule has 6 heteroatoms. The second-order valence-corrected chi connectivity index (χ2v) is 5.54. The predicted octanol–water partition coefficient (Wildman–Crippen LogP) is 2.35. The van der Waals surface area contributed by atoms with E-state index in [1.165, 1.54) is 19.3 Å². The van der Waals surface area contributed by atoms with Crippen molar-refractivity contribution >= 4 is 12.1 Å². The summed E-state index contributed by atoms with van der Waals surface area (Å²) in [6.45, 7) is 5.91. The van der Waals surface area contributed by atoms with Crippen molar-refractivity contribution in [3.05, 3.63) is 0 Å². The van der Waals surface area contributed by atoms with E-state index in [1.807, 2.05) is 13.8 Å². The van der Waals surface area contributed by atoms with Gasteiger partial charge in [0, 0.05) is 6.04 Å². The van der Waals surface area contributed by atoms with Crippen molar-refractivity contribution in [2.24, 2.45) is 5.92 Å². The number of alkyl carbamates (subject to hydrolysis) is 1. The molecule has 6 nitrogen and oxygen atoms in total. The lowest BCUT2D eigenvalue weighted by atomic mass is 9.96. The van der Waals surface area contributed by atoms with Gasteiger partial charge in [0.2, 0.25) is 0 Å². The van der Waals surface area contributed by atoms with Crippen LogP contribution in [-0.4, -0.2) is 30.9 Å². The zero-order valence-electron chi connectivity index (χ0n) is 12.7. The van der Waals surface area contributed by atoms with E-state index >= 15 is 0 Å². The minimum atomic E-state index is -0.510. The molecule has 0 unspecified atom stereocenters. The molecule has 3 N–H and O–H groups in total. The smallest absolute Gasteiger partial charge is 0.408 e. The maximum atomic E-state index is 12.0. The minimum Gasteiger partial charge on any atom is -0.450 e. The minimum absolute atomic E-state index is 0.0801. The molecule has 0 spiro atoms. The highest BCUT2D eigenvalue weighted by Crippen LogP contribution is 2.17. The van der Waals surface area contributed by atoms with E-state index < -0.39 is 12.3 Å². The summed E-state index contributed by atoms with van der Waals surface area (Å²) in [6, 6.07) is 0.0200. The Hall–Kier alpha value is -1.46. The van der Waals surface area contributed by atoms with Crippen LogP contribution in [0.5, 0.6) is 0 Å². The molecule has 0 bridgehead atoms. The second-order valence-electron chi connectivity index (χ2n) is 5.54. The van der Waals surface area contributed by atoms with Gasteiger partial charge in [0.15, 0.2) is 0 Å². The molecular formula is C14H27N3O3. The molecule has 0 aromatic heterocycles. The summed E-state index contributed by atoms with van der Waals surface area (Å²) in [5, 5.41) is 8.41. The monoisotopic (exact) mass is 285 g/mol. The van der Waals surface area contributed by atoms with Gasteiger partial charge in [0.25, 0.3) is 0 Å². The van der Waals surface area contributed by atoms with Crippen LogP contribution in [0.15, 0.2) is 0 Å². The third-order valence-corrected chi connectivity index (χ3v) is 3.44. The van der Waals surface area contributed by atoms with Crippen LogP contribution in [0.25, 0.3) is 0 Å². The summed E-state index contributed by atoms with van der Waals surface area (Å²) in [5.41, 5.74) is 0. The summed E-state index contributed by atoms with van der Waals surface area (Å²) in [6.07, 6.45) is 4.70. The Kier molecular flexibility index (Phi) is 7.18. The zero-order chi connectivity index (χ0) is 15.0. The van der Waals surface area contributed by atoms with Gasteiger partial charge in [-0.15, -0.1) is 0 Å². The maximum Gasteiger partial charge on any atom is 0.408 e. The standard InChI is InChI=1S/C14H27N3O3/c1-4-20-14(19)17-12(10(2)3)16-13(18)15-11-8-6-5-7-9-11/h10-12H,4-9H2,1-3H3,(H,17,19)(H2,15,16,18)/t12-/m0/s1. The van der Waals surface area contributed by atoms with E-state index in [0.717, 1.165) is 12.8 Å². The molecule has 0 aromatic rings. The van der Waals surface area contributed by atoms with Gasteiger partial charge in [-0.2, -0.15) is 0 Å². The Bertz CT molecular complexity index is 315. The van der Waals surface area contributed by atoms with E-state index in [2.05, 4.69) is 16.0 Å². The van der Waals surface area contributed by atoms with Crippen LogP contribution in [0.3, 0.4) is 0 Å². The summed E-state index contributed by atoms with van der Waals surface area (Å²) >= 11 is 0. The van der Waals surface area contributed by atoms with Gasteiger partial charge in [-0.3, -0.25) is 0 Å². The first-order valence-corrected chi connectivity index (χ1v) is 7.53. The van der Waals surface area contributed by atoms with Gasteiger partial charge in [-0.05, 0) is 25.7 Å². The van der Waals surface area contributed by atoms with Gasteiger partial charge in [-0.1, -0.05) is 33.1 Å². The van der Waals surface area contributed by atoms with Gasteiger partial charge in [0.05, 0.1) is 6.61 Å². The third kappa shape index (κ3) is 6.12. The first-order valence-electron chi connectivity index (χ1n) is 7.53. The van der Waals surface area contributed by atoms with Gasteiger partial charge >= 0.3 is 12.1 Å². The van der Waals surface area contributed by atoms with Crippen molar-refractivity contribution < 1.29 is 14.3 Å². The Labute approximate surface area is 121 Å². The molecule has 1 rings (SSSR count). The number of carbonyl (C=O) groups excluding carboxylic acids is 2. The largest absolute Gasteiger partial charge is 0.450 e. The number of rotatable bonds is 5. The van der Waals surface area contributed by atoms with E-state index in [9.17, 15) is 9.59 Å². The molecule has 0 radical (unpaired) electrons. The topological polar surface area (TPSA) is 79.5 Å². The fourth-order valence-electron chi connectivity index (χ4n) is 2.28. The summed E-state index contributed by atoms with van der Waals surface area (Å²) in [4.78, 5) is 23.4. The zero-order valence-corrected chi connectivity index (χ0v) is 12.7. The van der Waals surface area contributed by atoms with Gasteiger partial charge < -0.3 is 20.7 Å². The summed E-state index contributed by atoms with van der Waals surface area (Å²) in [7, 11) is 0. The van der Waals surface area contributed by atoms with Crippen LogP contribution in [0.1, 0.15) is 52.9 Å². The molecule has 0 aliphatic heterocycles. The van der Waals surface area contributed by atoms with Crippen molar-refractivity contribution in [1.82, 2.24) is 16.0 Å². The molecule has 1 atom stereocenters. The number of nitrogens with one attached hydrogen (secondary N) is 3. The highest BCUT2D eigenvalue weighted by molar-refractivity contribution is 5.75. The Morgan fingerprint density at radius 1 is 1.15 bits per heavy atom. The highest BCUT2D eigenvalue weighted by atomic mass is 16.5. The number of urea groups is 1. The molecule has 3 amide bonds. The molecule has 1 aliphatic carbocycles. The third-order valence-electron chi connectivity index (χ3n) is 3.44. The van der Waals surface area contributed by atoms with Crippen molar-refractivity contribution in [3.8, 4) is 0 Å². The molecule has 1 saturated carbocycles. The van der Waals surface area contributed by atoms with Crippen LogP contribution in [0, 0.1) is 5.92 Å². The molecular weight excluding hydrogens is 258 g/mol. The van der Waals surface area contributed by atoms with E-state index in [4.69, 9.17) is 4.74 Å². The first-order chi connectivity index (χ1) is 9.52. The molecule has 1 aliphatic rings. The average molecular weight is 285 g/mol. The van der Waals surface area contributed by atoms with Crippen LogP contribution in [0.4, 0.5) is 9.59 Å². The number of amides is 3. The van der Waals surface area contributed by atoms with Crippen LogP contribution >= 0.6 is 0 Å². The maximum absolute atomic E-state index is 12.0. The normalized spacial score (nSPS) is 17.4. The lowest BCUT2D eigenvalue weighted by molar-refractivity contribution is 0.142. The quantitative estimate of drug-likeness (QED) is 0.678. The van der Waals surface area contributed by atoms with Crippen molar-refractivity contribution in [1.29, 1.82) is 0 Å². The first kappa shape index (κ1) is 16.6. The van der Waals surface area contributed by atoms with Crippen molar-refractivity contribution in [2.75, 3.05) is 6.61 Å². The van der Waals surface area contributed by atoms with E-state index in [0.29, 0.717) is 6.61 Å². The highest BCUT2D eigenvalue weighted by Gasteiger charge is 2.21. The van der Waals surface area contributed by atoms with E-state index in [1.54, 1.807) is 6.92 Å². The molecule has 0 saturated heterocycles.